The standard InChI is InChI=1S/C14H16N4O3/c1-8(2)10-5-4-6-11(7-10)21-13-12(18(19)20)9(3)16-14(15)17-13/h4-8H,1-3H3,(H2,15,16,17). The Labute approximate surface area is 121 Å². The quantitative estimate of drug-likeness (QED) is 0.684. The Kier molecular flexibility index (Phi) is 4.02. The van der Waals surface area contributed by atoms with Gasteiger partial charge in [-0.2, -0.15) is 4.98 Å². The molecule has 0 aliphatic heterocycles. The van der Waals surface area contributed by atoms with Crippen LogP contribution >= 0.6 is 0 Å². The van der Waals surface area contributed by atoms with Crippen LogP contribution in [0.25, 0.3) is 0 Å². The van der Waals surface area contributed by atoms with Crippen molar-refractivity contribution in [2.45, 2.75) is 26.7 Å². The molecule has 1 aromatic carbocycles. The summed E-state index contributed by atoms with van der Waals surface area (Å²) in [5.41, 5.74) is 6.49. The van der Waals surface area contributed by atoms with Crippen LogP contribution in [0.3, 0.4) is 0 Å². The first kappa shape index (κ1) is 14.7. The molecule has 21 heavy (non-hydrogen) atoms. The van der Waals surface area contributed by atoms with Gasteiger partial charge < -0.3 is 10.5 Å². The monoisotopic (exact) mass is 288 g/mol. The lowest BCUT2D eigenvalue weighted by atomic mass is 10.0. The third-order valence-corrected chi connectivity index (χ3v) is 2.97. The molecule has 2 N–H and O–H groups in total. The van der Waals surface area contributed by atoms with Crippen molar-refractivity contribution in [3.8, 4) is 11.6 Å². The summed E-state index contributed by atoms with van der Waals surface area (Å²) in [7, 11) is 0. The smallest absolute Gasteiger partial charge is 0.352 e. The van der Waals surface area contributed by atoms with Crippen LogP contribution in [0, 0.1) is 17.0 Å². The highest BCUT2D eigenvalue weighted by Gasteiger charge is 2.23. The molecule has 0 saturated carbocycles. The van der Waals surface area contributed by atoms with E-state index in [9.17, 15) is 10.1 Å². The van der Waals surface area contributed by atoms with Gasteiger partial charge in [0.1, 0.15) is 11.4 Å². The van der Waals surface area contributed by atoms with E-state index in [1.165, 1.54) is 6.92 Å². The number of nitrogens with two attached hydrogens (primary N) is 1. The van der Waals surface area contributed by atoms with Crippen molar-refractivity contribution in [3.05, 3.63) is 45.6 Å². The molecular formula is C14H16N4O3. The molecule has 0 aliphatic carbocycles. The first-order valence-corrected chi connectivity index (χ1v) is 6.44. The largest absolute Gasteiger partial charge is 0.434 e. The molecule has 7 heteroatoms. The number of nitrogen functional groups attached to an aromatic ring is 1. The normalized spacial score (nSPS) is 10.7. The average molecular weight is 288 g/mol. The highest BCUT2D eigenvalue weighted by atomic mass is 16.6. The van der Waals surface area contributed by atoms with E-state index in [1.807, 2.05) is 32.0 Å². The van der Waals surface area contributed by atoms with E-state index in [2.05, 4.69) is 9.97 Å². The number of rotatable bonds is 4. The van der Waals surface area contributed by atoms with Gasteiger partial charge in [0.2, 0.25) is 5.95 Å². The zero-order valence-electron chi connectivity index (χ0n) is 12.0. The molecule has 0 aliphatic rings. The number of nitro groups is 1. The Morgan fingerprint density at radius 2 is 2.05 bits per heavy atom. The lowest BCUT2D eigenvalue weighted by Crippen LogP contribution is -2.04. The Morgan fingerprint density at radius 3 is 2.67 bits per heavy atom. The summed E-state index contributed by atoms with van der Waals surface area (Å²) in [5, 5.41) is 11.1. The molecule has 0 amide bonds. The van der Waals surface area contributed by atoms with Gasteiger partial charge in [-0.1, -0.05) is 26.0 Å². The van der Waals surface area contributed by atoms with E-state index in [-0.39, 0.29) is 23.2 Å². The lowest BCUT2D eigenvalue weighted by molar-refractivity contribution is -0.386. The number of hydrogen-bond acceptors (Lipinski definition) is 6. The summed E-state index contributed by atoms with van der Waals surface area (Å²) >= 11 is 0. The zero-order valence-corrected chi connectivity index (χ0v) is 12.0. The number of hydrogen-bond donors (Lipinski definition) is 1. The Balaban J connectivity index is 2.44. The van der Waals surface area contributed by atoms with Crippen molar-refractivity contribution in [1.29, 1.82) is 0 Å². The Hall–Kier alpha value is -2.70. The van der Waals surface area contributed by atoms with Crippen molar-refractivity contribution in [1.82, 2.24) is 9.97 Å². The van der Waals surface area contributed by atoms with Gasteiger partial charge in [0.15, 0.2) is 0 Å². The first-order valence-electron chi connectivity index (χ1n) is 6.44. The van der Waals surface area contributed by atoms with Gasteiger partial charge >= 0.3 is 11.6 Å². The molecule has 1 aromatic heterocycles. The molecular weight excluding hydrogens is 272 g/mol. The molecule has 0 fully saturated rings. The summed E-state index contributed by atoms with van der Waals surface area (Å²) in [5.74, 6) is 0.585. The van der Waals surface area contributed by atoms with Crippen molar-refractivity contribution in [2.75, 3.05) is 5.73 Å². The maximum atomic E-state index is 11.1. The Bertz CT molecular complexity index is 686. The molecule has 1 heterocycles. The van der Waals surface area contributed by atoms with E-state index in [0.717, 1.165) is 5.56 Å². The second kappa shape index (κ2) is 5.74. The number of aryl methyl sites for hydroxylation is 1. The number of benzene rings is 1. The summed E-state index contributed by atoms with van der Waals surface area (Å²) in [4.78, 5) is 18.2. The van der Waals surface area contributed by atoms with Gasteiger partial charge in [0, 0.05) is 0 Å². The number of aromatic nitrogens is 2. The van der Waals surface area contributed by atoms with Crippen LogP contribution in [0.4, 0.5) is 11.6 Å². The molecule has 110 valence electrons. The topological polar surface area (TPSA) is 104 Å². The molecule has 0 radical (unpaired) electrons. The van der Waals surface area contributed by atoms with Crippen LogP contribution < -0.4 is 10.5 Å². The predicted octanol–water partition coefficient (Wildman–Crippen LogP) is 3.19. The maximum absolute atomic E-state index is 11.1. The highest BCUT2D eigenvalue weighted by Crippen LogP contribution is 2.32. The van der Waals surface area contributed by atoms with E-state index in [0.29, 0.717) is 11.7 Å². The SMILES string of the molecule is Cc1nc(N)nc(Oc2cccc(C(C)C)c2)c1[N+](=O)[O-]. The maximum Gasteiger partial charge on any atom is 0.352 e. The van der Waals surface area contributed by atoms with Crippen LogP contribution in [-0.4, -0.2) is 14.9 Å². The Morgan fingerprint density at radius 1 is 1.33 bits per heavy atom. The minimum absolute atomic E-state index is 0.0619. The zero-order chi connectivity index (χ0) is 15.6. The number of nitrogens with zero attached hydrogens (tertiary/aromatic N) is 3. The lowest BCUT2D eigenvalue weighted by Gasteiger charge is -2.10. The van der Waals surface area contributed by atoms with Gasteiger partial charge in [0.25, 0.3) is 0 Å². The molecule has 7 nitrogen and oxygen atoms in total. The summed E-state index contributed by atoms with van der Waals surface area (Å²) in [6.45, 7) is 5.59. The van der Waals surface area contributed by atoms with Crippen molar-refractivity contribution in [3.63, 3.8) is 0 Å². The molecule has 0 saturated heterocycles. The first-order chi connectivity index (χ1) is 9.88. The minimum Gasteiger partial charge on any atom is -0.434 e. The third kappa shape index (κ3) is 3.25. The minimum atomic E-state index is -0.573. The third-order valence-electron chi connectivity index (χ3n) is 2.97. The summed E-state index contributed by atoms with van der Waals surface area (Å²) in [6, 6.07) is 7.32. The van der Waals surface area contributed by atoms with E-state index < -0.39 is 4.92 Å². The summed E-state index contributed by atoms with van der Waals surface area (Å²) in [6.07, 6.45) is 0. The van der Waals surface area contributed by atoms with Gasteiger partial charge in [-0.25, -0.2) is 4.98 Å². The number of anilines is 1. The van der Waals surface area contributed by atoms with Crippen molar-refractivity contribution >= 4 is 11.6 Å². The van der Waals surface area contributed by atoms with Crippen LogP contribution in [0.2, 0.25) is 0 Å². The van der Waals surface area contributed by atoms with Crippen molar-refractivity contribution < 1.29 is 9.66 Å². The van der Waals surface area contributed by atoms with Gasteiger partial charge in [-0.15, -0.1) is 0 Å². The van der Waals surface area contributed by atoms with Crippen LogP contribution in [-0.2, 0) is 0 Å². The molecule has 0 spiro atoms. The molecule has 2 aromatic rings. The van der Waals surface area contributed by atoms with Crippen LogP contribution in [0.1, 0.15) is 31.0 Å². The van der Waals surface area contributed by atoms with Crippen molar-refractivity contribution in [2.24, 2.45) is 0 Å². The fourth-order valence-electron chi connectivity index (χ4n) is 1.89. The average Bonchev–Trinajstić information content (AvgIpc) is 2.37. The van der Waals surface area contributed by atoms with Gasteiger partial charge in [-0.05, 0) is 30.5 Å². The van der Waals surface area contributed by atoms with E-state index in [4.69, 9.17) is 10.5 Å². The molecule has 0 unspecified atom stereocenters. The van der Waals surface area contributed by atoms with Gasteiger partial charge in [-0.3, -0.25) is 10.1 Å². The second-order valence-electron chi connectivity index (χ2n) is 4.91. The highest BCUT2D eigenvalue weighted by molar-refractivity contribution is 5.49. The number of ether oxygens (including phenoxy) is 1. The summed E-state index contributed by atoms with van der Waals surface area (Å²) < 4.78 is 5.55. The van der Waals surface area contributed by atoms with Crippen LogP contribution in [0.5, 0.6) is 11.6 Å². The fourth-order valence-corrected chi connectivity index (χ4v) is 1.89. The van der Waals surface area contributed by atoms with E-state index >= 15 is 0 Å². The molecule has 0 bridgehead atoms. The fraction of sp³-hybridized carbons (Fsp3) is 0.286. The molecule has 2 rings (SSSR count). The predicted molar refractivity (Wildman–Crippen MR) is 78.4 cm³/mol. The molecule has 0 atom stereocenters. The van der Waals surface area contributed by atoms with E-state index in [1.54, 1.807) is 6.07 Å². The van der Waals surface area contributed by atoms with Crippen LogP contribution in [0.15, 0.2) is 24.3 Å². The second-order valence-corrected chi connectivity index (χ2v) is 4.91. The van der Waals surface area contributed by atoms with Gasteiger partial charge in [0.05, 0.1) is 4.92 Å².